The van der Waals surface area contributed by atoms with Gasteiger partial charge in [-0.3, -0.25) is 38.8 Å². The van der Waals surface area contributed by atoms with Gasteiger partial charge in [0.05, 0.1) is 32.8 Å². The molecule has 0 saturated carbocycles. The van der Waals surface area contributed by atoms with Crippen LogP contribution >= 0.6 is 0 Å². The van der Waals surface area contributed by atoms with E-state index in [9.17, 15) is 19.2 Å². The molecule has 0 atom stereocenters. The van der Waals surface area contributed by atoms with E-state index in [1.54, 1.807) is 0 Å². The summed E-state index contributed by atoms with van der Waals surface area (Å²) in [5, 5.41) is 2.82. The molecule has 1 aliphatic heterocycles. The second-order valence-corrected chi connectivity index (χ2v) is 13.7. The lowest BCUT2D eigenvalue weighted by molar-refractivity contribution is -0.158. The molecule has 13 nitrogen and oxygen atoms in total. The lowest BCUT2D eigenvalue weighted by Gasteiger charge is -2.34. The highest BCUT2D eigenvalue weighted by molar-refractivity contribution is 5.77. The summed E-state index contributed by atoms with van der Waals surface area (Å²) in [6, 6.07) is 0. The number of hydrogen-bond donors (Lipinski definition) is 2. The first-order chi connectivity index (χ1) is 19.2. The second kappa shape index (κ2) is 17.1. The Morgan fingerprint density at radius 3 is 1.05 bits per heavy atom. The van der Waals surface area contributed by atoms with Crippen molar-refractivity contribution in [3.8, 4) is 0 Å². The molecule has 244 valence electrons. The smallest absolute Gasteiger partial charge is 0.320 e. The highest BCUT2D eigenvalue weighted by Gasteiger charge is 2.25. The van der Waals surface area contributed by atoms with Gasteiger partial charge in [-0.25, -0.2) is 0 Å². The average Bonchev–Trinajstić information content (AvgIpc) is 2.79. The molecule has 0 radical (unpaired) electrons. The van der Waals surface area contributed by atoms with Crippen molar-refractivity contribution in [1.29, 1.82) is 0 Å². The van der Waals surface area contributed by atoms with Gasteiger partial charge >= 0.3 is 17.9 Å². The summed E-state index contributed by atoms with van der Waals surface area (Å²) in [5.74, 6) is -1.27. The third kappa shape index (κ3) is 19.0. The van der Waals surface area contributed by atoms with Crippen molar-refractivity contribution in [1.82, 2.24) is 24.9 Å². The predicted octanol–water partition coefficient (Wildman–Crippen LogP) is 0.266. The Balaban J connectivity index is 3.16. The first-order valence-corrected chi connectivity index (χ1v) is 14.8. The van der Waals surface area contributed by atoms with E-state index in [4.69, 9.17) is 19.9 Å². The maximum Gasteiger partial charge on any atom is 0.320 e. The summed E-state index contributed by atoms with van der Waals surface area (Å²) < 4.78 is 16.7. The van der Waals surface area contributed by atoms with Crippen LogP contribution in [0.5, 0.6) is 0 Å². The van der Waals surface area contributed by atoms with Crippen LogP contribution in [0.15, 0.2) is 0 Å². The molecule has 0 aromatic heterocycles. The summed E-state index contributed by atoms with van der Waals surface area (Å²) in [7, 11) is 0. The quantitative estimate of drug-likeness (QED) is 0.276. The Labute approximate surface area is 252 Å². The highest BCUT2D eigenvalue weighted by atomic mass is 16.6. The summed E-state index contributed by atoms with van der Waals surface area (Å²) in [5.41, 5.74) is 3.64. The maximum atomic E-state index is 12.7. The topological polar surface area (TPSA) is 147 Å². The third-order valence-electron chi connectivity index (χ3n) is 5.93. The molecule has 1 rings (SSSR count). The van der Waals surface area contributed by atoms with E-state index in [0.717, 1.165) is 0 Å². The minimum Gasteiger partial charge on any atom is -0.459 e. The van der Waals surface area contributed by atoms with Crippen LogP contribution in [-0.2, 0) is 33.4 Å². The molecule has 1 heterocycles. The van der Waals surface area contributed by atoms with E-state index >= 15 is 0 Å². The van der Waals surface area contributed by atoms with Crippen molar-refractivity contribution >= 4 is 23.8 Å². The molecule has 1 amide bonds. The normalized spacial score (nSPS) is 18.0. The fourth-order valence-corrected chi connectivity index (χ4v) is 4.15. The second-order valence-electron chi connectivity index (χ2n) is 13.7. The zero-order valence-electron chi connectivity index (χ0n) is 27.4. The Morgan fingerprint density at radius 1 is 0.548 bits per heavy atom. The van der Waals surface area contributed by atoms with Gasteiger partial charge < -0.3 is 25.3 Å². The van der Waals surface area contributed by atoms with Crippen LogP contribution in [0.4, 0.5) is 0 Å². The lowest BCUT2D eigenvalue weighted by atomic mass is 10.2. The Morgan fingerprint density at radius 2 is 0.810 bits per heavy atom. The minimum atomic E-state index is -0.613. The number of hydrogen-bond acceptors (Lipinski definition) is 12. The fourth-order valence-electron chi connectivity index (χ4n) is 4.15. The molecule has 0 bridgehead atoms. The summed E-state index contributed by atoms with van der Waals surface area (Å²) in [6.45, 7) is 21.0. The number of carbonyl (C=O) groups is 4. The number of nitrogens with two attached hydrogens (primary N) is 1. The zero-order chi connectivity index (χ0) is 32.1. The molecule has 0 aromatic carbocycles. The number of esters is 3. The van der Waals surface area contributed by atoms with E-state index in [0.29, 0.717) is 52.4 Å². The van der Waals surface area contributed by atoms with Gasteiger partial charge in [0.1, 0.15) is 16.8 Å². The number of carbonyl (C=O) groups excluding carboxylic acids is 4. The SMILES string of the molecule is CC(C)(C)OC(=O)CN1CCN(CNC(=O)CN)CCN(CC(=O)OC(C)(C)C)CCN(CC(=O)OC(C)(C)C)CC1. The Kier molecular flexibility index (Phi) is 15.3. The van der Waals surface area contributed by atoms with Crippen molar-refractivity contribution in [3.63, 3.8) is 0 Å². The van der Waals surface area contributed by atoms with Gasteiger partial charge in [-0.15, -0.1) is 0 Å². The van der Waals surface area contributed by atoms with Crippen LogP contribution in [0.2, 0.25) is 0 Å². The summed E-state index contributed by atoms with van der Waals surface area (Å²) in [4.78, 5) is 58.1. The summed E-state index contributed by atoms with van der Waals surface area (Å²) in [6.07, 6.45) is 0. The van der Waals surface area contributed by atoms with Gasteiger partial charge in [-0.2, -0.15) is 0 Å². The highest BCUT2D eigenvalue weighted by Crippen LogP contribution is 2.11. The Bertz CT molecular complexity index is 833. The predicted molar refractivity (Wildman–Crippen MR) is 160 cm³/mol. The number of ether oxygens (including phenoxy) is 3. The molecule has 1 aliphatic rings. The van der Waals surface area contributed by atoms with Gasteiger partial charge in [-0.1, -0.05) is 0 Å². The van der Waals surface area contributed by atoms with E-state index in [1.165, 1.54) is 0 Å². The first kappa shape index (κ1) is 37.7. The van der Waals surface area contributed by atoms with E-state index < -0.39 is 16.8 Å². The van der Waals surface area contributed by atoms with Crippen LogP contribution in [0, 0.1) is 0 Å². The van der Waals surface area contributed by atoms with Gasteiger partial charge in [0, 0.05) is 52.4 Å². The van der Waals surface area contributed by atoms with Gasteiger partial charge in [0.2, 0.25) is 5.91 Å². The zero-order valence-corrected chi connectivity index (χ0v) is 27.4. The van der Waals surface area contributed by atoms with Crippen LogP contribution in [0.1, 0.15) is 62.3 Å². The van der Waals surface area contributed by atoms with Crippen LogP contribution < -0.4 is 11.1 Å². The molecular weight excluding hydrogens is 544 g/mol. The van der Waals surface area contributed by atoms with E-state index in [2.05, 4.69) is 10.2 Å². The maximum absolute atomic E-state index is 12.7. The number of nitrogens with one attached hydrogen (secondary N) is 1. The minimum absolute atomic E-state index is 0.0784. The van der Waals surface area contributed by atoms with Crippen molar-refractivity contribution < 1.29 is 33.4 Å². The van der Waals surface area contributed by atoms with Crippen molar-refractivity contribution in [2.75, 3.05) is 85.2 Å². The fraction of sp³-hybridized carbons (Fsp3) is 0.862. The largest absolute Gasteiger partial charge is 0.459 e. The van der Waals surface area contributed by atoms with Gasteiger partial charge in [-0.05, 0) is 62.3 Å². The monoisotopic (exact) mass is 600 g/mol. The first-order valence-electron chi connectivity index (χ1n) is 14.8. The molecular formula is C29H56N6O7. The molecule has 0 aliphatic carbocycles. The van der Waals surface area contributed by atoms with Crippen LogP contribution in [0.3, 0.4) is 0 Å². The third-order valence-corrected chi connectivity index (χ3v) is 5.93. The van der Waals surface area contributed by atoms with E-state index in [1.807, 2.05) is 77.0 Å². The Hall–Kier alpha value is -2.32. The molecule has 0 unspecified atom stereocenters. The van der Waals surface area contributed by atoms with Crippen molar-refractivity contribution in [2.24, 2.45) is 5.73 Å². The van der Waals surface area contributed by atoms with Crippen LogP contribution in [-0.4, -0.2) is 145 Å². The molecule has 1 saturated heterocycles. The number of amides is 1. The lowest BCUT2D eigenvalue weighted by Crippen LogP contribution is -2.51. The number of nitrogens with zero attached hydrogens (tertiary/aromatic N) is 4. The molecule has 0 aromatic rings. The van der Waals surface area contributed by atoms with Gasteiger partial charge in [0.25, 0.3) is 0 Å². The van der Waals surface area contributed by atoms with Gasteiger partial charge in [0.15, 0.2) is 0 Å². The number of rotatable bonds is 9. The standard InChI is InChI=1S/C29H56N6O7/c1-27(2,3)40-24(37)19-32-10-12-33(20-25(38)41-28(4,5)6)14-16-35(22-31-23(36)18-30)17-15-34(13-11-32)21-26(39)42-29(7,8)9/h10-22,30H2,1-9H3,(H,31,36). The molecule has 1 fully saturated rings. The molecule has 42 heavy (non-hydrogen) atoms. The molecule has 13 heteroatoms. The van der Waals surface area contributed by atoms with Crippen molar-refractivity contribution in [3.05, 3.63) is 0 Å². The van der Waals surface area contributed by atoms with Crippen LogP contribution in [0.25, 0.3) is 0 Å². The molecule has 3 N–H and O–H groups in total. The average molecular weight is 601 g/mol. The van der Waals surface area contributed by atoms with E-state index in [-0.39, 0.29) is 56.7 Å². The molecule has 0 spiro atoms. The van der Waals surface area contributed by atoms with Crippen molar-refractivity contribution in [2.45, 2.75) is 79.1 Å². The summed E-state index contributed by atoms with van der Waals surface area (Å²) >= 11 is 0.